The number of pyridine rings is 1. The summed E-state index contributed by atoms with van der Waals surface area (Å²) in [6.45, 7) is 0.715. The van der Waals surface area contributed by atoms with Gasteiger partial charge in [0, 0.05) is 28.2 Å². The maximum Gasteiger partial charge on any atom is 0.259 e. The van der Waals surface area contributed by atoms with E-state index in [0.717, 1.165) is 38.6 Å². The molecule has 0 saturated heterocycles. The second-order valence-electron chi connectivity index (χ2n) is 5.94. The lowest BCUT2D eigenvalue weighted by Gasteiger charge is -2.21. The molecule has 2 aromatic heterocycles. The largest absolute Gasteiger partial charge is 0.353 e. The fourth-order valence-electron chi connectivity index (χ4n) is 3.70. The van der Waals surface area contributed by atoms with Crippen LogP contribution in [0.5, 0.6) is 0 Å². The van der Waals surface area contributed by atoms with Gasteiger partial charge in [0.15, 0.2) is 0 Å². The summed E-state index contributed by atoms with van der Waals surface area (Å²) < 4.78 is 2.88. The number of benzene rings is 2. The minimum absolute atomic E-state index is 0.0862. The van der Waals surface area contributed by atoms with E-state index in [4.69, 9.17) is 0 Å². The van der Waals surface area contributed by atoms with Gasteiger partial charge in [-0.1, -0.05) is 36.4 Å². The van der Waals surface area contributed by atoms with E-state index in [9.17, 15) is 4.79 Å². The molecule has 0 unspecified atom stereocenters. The van der Waals surface area contributed by atoms with Crippen molar-refractivity contribution in [2.75, 3.05) is 0 Å². The molecule has 0 bridgehead atoms. The number of aromatic amines is 1. The second kappa shape index (κ2) is 4.59. The molecule has 1 aliphatic rings. The van der Waals surface area contributed by atoms with E-state index in [0.29, 0.717) is 6.54 Å². The van der Waals surface area contributed by atoms with Crippen LogP contribution in [-0.2, 0) is 13.0 Å². The van der Waals surface area contributed by atoms with Gasteiger partial charge in [-0.05, 0) is 40.0 Å². The number of rotatable bonds is 0. The molecule has 1 N–H and O–H groups in total. The Morgan fingerprint density at radius 3 is 2.48 bits per heavy atom. The molecule has 3 heterocycles. The Morgan fingerprint density at radius 1 is 0.957 bits per heavy atom. The number of fused-ring (bicyclic) bond motifs is 6. The molecule has 2 aromatic carbocycles. The highest BCUT2D eigenvalue weighted by atomic mass is 79.9. The van der Waals surface area contributed by atoms with Crippen molar-refractivity contribution >= 4 is 37.6 Å². The van der Waals surface area contributed by atoms with Crippen LogP contribution in [0, 0.1) is 0 Å². The number of H-pyrrole nitrogens is 1. The minimum atomic E-state index is 0.0862. The molecule has 0 aliphatic carbocycles. The number of hydrogen-bond donors (Lipinski definition) is 1. The van der Waals surface area contributed by atoms with Crippen LogP contribution in [0.1, 0.15) is 5.56 Å². The molecule has 0 radical (unpaired) electrons. The summed E-state index contributed by atoms with van der Waals surface area (Å²) in [5, 5.41) is 2.99. The lowest BCUT2D eigenvalue weighted by Crippen LogP contribution is -2.26. The normalized spacial score (nSPS) is 13.3. The molecule has 0 amide bonds. The average Bonchev–Trinajstić information content (AvgIpc) is 2.98. The number of aryl methyl sites for hydroxylation is 1. The summed E-state index contributed by atoms with van der Waals surface area (Å²) in [5.74, 6) is 0. The van der Waals surface area contributed by atoms with Crippen LogP contribution in [0.3, 0.4) is 0 Å². The molecule has 1 aliphatic heterocycles. The highest BCUT2D eigenvalue weighted by molar-refractivity contribution is 9.10. The van der Waals surface area contributed by atoms with Crippen molar-refractivity contribution in [1.82, 2.24) is 9.55 Å². The summed E-state index contributed by atoms with van der Waals surface area (Å²) in [6, 6.07) is 16.1. The highest BCUT2D eigenvalue weighted by Crippen LogP contribution is 2.39. The van der Waals surface area contributed by atoms with Crippen LogP contribution in [0.25, 0.3) is 33.1 Å². The van der Waals surface area contributed by atoms with Gasteiger partial charge in [0.1, 0.15) is 0 Å². The summed E-state index contributed by atoms with van der Waals surface area (Å²) in [6.07, 6.45) is 0.872. The molecular formula is C19H13BrN2O. The quantitative estimate of drug-likeness (QED) is 0.491. The minimum Gasteiger partial charge on any atom is -0.353 e. The first-order valence-electron chi connectivity index (χ1n) is 7.66. The van der Waals surface area contributed by atoms with Gasteiger partial charge < -0.3 is 9.55 Å². The van der Waals surface area contributed by atoms with E-state index in [1.807, 2.05) is 34.9 Å². The van der Waals surface area contributed by atoms with Gasteiger partial charge in [-0.3, -0.25) is 4.79 Å². The molecule has 23 heavy (non-hydrogen) atoms. The molecule has 0 atom stereocenters. The smallest absolute Gasteiger partial charge is 0.259 e. The Morgan fingerprint density at radius 2 is 1.65 bits per heavy atom. The van der Waals surface area contributed by atoms with Crippen molar-refractivity contribution in [3.05, 3.63) is 68.9 Å². The molecule has 0 saturated carbocycles. The van der Waals surface area contributed by atoms with Gasteiger partial charge in [0.05, 0.1) is 15.9 Å². The van der Waals surface area contributed by atoms with E-state index < -0.39 is 0 Å². The Kier molecular flexibility index (Phi) is 2.62. The Bertz CT molecular complexity index is 1150. The predicted octanol–water partition coefficient (Wildman–Crippen LogP) is 4.47. The average molecular weight is 365 g/mol. The number of nitrogens with zero attached hydrogens (tertiary/aromatic N) is 1. The van der Waals surface area contributed by atoms with Gasteiger partial charge in [-0.25, -0.2) is 0 Å². The Labute approximate surface area is 140 Å². The van der Waals surface area contributed by atoms with Crippen LogP contribution < -0.4 is 5.56 Å². The first-order chi connectivity index (χ1) is 11.3. The lowest BCUT2D eigenvalue weighted by molar-refractivity contribution is 0.663. The van der Waals surface area contributed by atoms with Gasteiger partial charge in [-0.15, -0.1) is 0 Å². The zero-order valence-corrected chi connectivity index (χ0v) is 13.9. The third kappa shape index (κ3) is 1.67. The monoisotopic (exact) mass is 364 g/mol. The number of hydrogen-bond acceptors (Lipinski definition) is 1. The topological polar surface area (TPSA) is 37.8 Å². The summed E-state index contributed by atoms with van der Waals surface area (Å²) in [5.41, 5.74) is 4.54. The first-order valence-corrected chi connectivity index (χ1v) is 8.46. The van der Waals surface area contributed by atoms with E-state index in [1.165, 1.54) is 10.9 Å². The predicted molar refractivity (Wildman–Crippen MR) is 96.9 cm³/mol. The van der Waals surface area contributed by atoms with Crippen molar-refractivity contribution in [1.29, 1.82) is 0 Å². The molecule has 3 nitrogen and oxygen atoms in total. The van der Waals surface area contributed by atoms with Gasteiger partial charge >= 0.3 is 0 Å². The van der Waals surface area contributed by atoms with Crippen LogP contribution in [0.4, 0.5) is 0 Å². The Hall–Kier alpha value is -2.33. The Balaban J connectivity index is 1.98. The third-order valence-corrected chi connectivity index (χ3v) is 5.56. The zero-order chi connectivity index (χ0) is 15.6. The summed E-state index contributed by atoms with van der Waals surface area (Å²) in [4.78, 5) is 16.4. The molecule has 4 heteroatoms. The second-order valence-corrected chi connectivity index (χ2v) is 6.73. The molecular weight excluding hydrogens is 352 g/mol. The maximum absolute atomic E-state index is 12.9. The fraction of sp³-hybridized carbons (Fsp3) is 0.105. The summed E-state index contributed by atoms with van der Waals surface area (Å²) >= 11 is 3.75. The molecule has 4 aromatic rings. The van der Waals surface area contributed by atoms with E-state index >= 15 is 0 Å². The van der Waals surface area contributed by atoms with Crippen molar-refractivity contribution in [3.63, 3.8) is 0 Å². The van der Waals surface area contributed by atoms with Gasteiger partial charge in [-0.2, -0.15) is 0 Å². The van der Waals surface area contributed by atoms with Gasteiger partial charge in [0.25, 0.3) is 5.56 Å². The fourth-order valence-corrected chi connectivity index (χ4v) is 4.46. The number of para-hydroxylation sites is 1. The van der Waals surface area contributed by atoms with E-state index in [1.54, 1.807) is 0 Å². The standard InChI is InChI=1S/C19H13BrN2O/c20-16-12-6-1-2-7-14(12)19(23)22-10-9-13-11-5-3-4-8-15(11)21-17(13)18(16)22/h1-8,21H,9-10H2. The highest BCUT2D eigenvalue weighted by Gasteiger charge is 2.25. The molecule has 5 rings (SSSR count). The SMILES string of the molecule is O=c1c2ccccc2c(Br)c2n1CCc1c-2[nH]c2ccccc12. The van der Waals surface area contributed by atoms with Crippen molar-refractivity contribution < 1.29 is 0 Å². The van der Waals surface area contributed by atoms with Crippen LogP contribution in [0.15, 0.2) is 57.8 Å². The van der Waals surface area contributed by atoms with E-state index in [-0.39, 0.29) is 5.56 Å². The zero-order valence-electron chi connectivity index (χ0n) is 12.3. The van der Waals surface area contributed by atoms with Crippen LogP contribution in [-0.4, -0.2) is 9.55 Å². The van der Waals surface area contributed by atoms with E-state index in [2.05, 4.69) is 39.1 Å². The van der Waals surface area contributed by atoms with Crippen LogP contribution in [0.2, 0.25) is 0 Å². The van der Waals surface area contributed by atoms with Crippen LogP contribution >= 0.6 is 15.9 Å². The molecule has 0 fully saturated rings. The molecule has 112 valence electrons. The maximum atomic E-state index is 12.9. The summed E-state index contributed by atoms with van der Waals surface area (Å²) in [7, 11) is 0. The number of halogens is 1. The van der Waals surface area contributed by atoms with Crippen molar-refractivity contribution in [2.24, 2.45) is 0 Å². The first kappa shape index (κ1) is 13.1. The number of aromatic nitrogens is 2. The van der Waals surface area contributed by atoms with Gasteiger partial charge in [0.2, 0.25) is 0 Å². The molecule has 0 spiro atoms. The third-order valence-electron chi connectivity index (χ3n) is 4.75. The lowest BCUT2D eigenvalue weighted by atomic mass is 10.00. The number of nitrogens with one attached hydrogen (secondary N) is 1. The van der Waals surface area contributed by atoms with Crippen molar-refractivity contribution in [2.45, 2.75) is 13.0 Å². The van der Waals surface area contributed by atoms with Crippen molar-refractivity contribution in [3.8, 4) is 11.4 Å².